The summed E-state index contributed by atoms with van der Waals surface area (Å²) >= 11 is 0. The van der Waals surface area contributed by atoms with Crippen molar-refractivity contribution in [1.29, 1.82) is 0 Å². The molecule has 0 aliphatic rings. The van der Waals surface area contributed by atoms with E-state index in [1.54, 1.807) is 36.2 Å². The number of hydrogen-bond donors (Lipinski definition) is 2. The first-order chi connectivity index (χ1) is 10.1. The van der Waals surface area contributed by atoms with Gasteiger partial charge in [-0.05, 0) is 30.2 Å². The Hall–Kier alpha value is -2.34. The van der Waals surface area contributed by atoms with E-state index in [1.165, 1.54) is 0 Å². The summed E-state index contributed by atoms with van der Waals surface area (Å²) in [7, 11) is 1.63. The Labute approximate surface area is 123 Å². The zero-order valence-electron chi connectivity index (χ0n) is 12.2. The zero-order chi connectivity index (χ0) is 15.2. The highest BCUT2D eigenvalue weighted by Crippen LogP contribution is 2.17. The van der Waals surface area contributed by atoms with Crippen LogP contribution >= 0.6 is 0 Å². The van der Waals surface area contributed by atoms with Crippen LogP contribution in [0.3, 0.4) is 0 Å². The van der Waals surface area contributed by atoms with Crippen LogP contribution in [0.4, 0.5) is 11.5 Å². The van der Waals surface area contributed by atoms with Crippen molar-refractivity contribution in [1.82, 2.24) is 9.78 Å². The number of rotatable bonds is 6. The summed E-state index contributed by atoms with van der Waals surface area (Å²) in [6.45, 7) is 2.53. The number of ether oxygens (including phenoxy) is 1. The van der Waals surface area contributed by atoms with Gasteiger partial charge in [-0.3, -0.25) is 4.79 Å². The Morgan fingerprint density at radius 1 is 1.38 bits per heavy atom. The van der Waals surface area contributed by atoms with Crippen molar-refractivity contribution in [2.75, 3.05) is 24.8 Å². The molecular formula is C15H20N4O2. The van der Waals surface area contributed by atoms with E-state index in [-0.39, 0.29) is 11.8 Å². The Bertz CT molecular complexity index is 592. The number of amides is 1. The normalized spacial score (nSPS) is 12.1. The fourth-order valence-electron chi connectivity index (χ4n) is 2.07. The van der Waals surface area contributed by atoms with Crippen LogP contribution in [0.5, 0.6) is 0 Å². The van der Waals surface area contributed by atoms with Crippen LogP contribution in [0.25, 0.3) is 5.69 Å². The van der Waals surface area contributed by atoms with Gasteiger partial charge in [0.2, 0.25) is 5.91 Å². The van der Waals surface area contributed by atoms with E-state index in [9.17, 15) is 4.79 Å². The molecule has 0 aliphatic carbocycles. The van der Waals surface area contributed by atoms with E-state index >= 15 is 0 Å². The summed E-state index contributed by atoms with van der Waals surface area (Å²) in [5.41, 5.74) is 7.20. The van der Waals surface area contributed by atoms with Crippen molar-refractivity contribution in [2.45, 2.75) is 13.3 Å². The molecule has 2 rings (SSSR count). The molecule has 0 fully saturated rings. The molecule has 1 amide bonds. The number of nitrogens with two attached hydrogens (primary N) is 1. The molecule has 6 heteroatoms. The molecule has 0 bridgehead atoms. The first kappa shape index (κ1) is 15.1. The average molecular weight is 288 g/mol. The quantitative estimate of drug-likeness (QED) is 0.797. The molecule has 6 nitrogen and oxygen atoms in total. The van der Waals surface area contributed by atoms with Gasteiger partial charge in [0.15, 0.2) is 0 Å². The summed E-state index contributed by atoms with van der Waals surface area (Å²) in [6, 6.07) is 9.05. The van der Waals surface area contributed by atoms with E-state index in [0.717, 1.165) is 5.69 Å². The maximum atomic E-state index is 12.0. The topological polar surface area (TPSA) is 82.2 Å². The van der Waals surface area contributed by atoms with E-state index in [4.69, 9.17) is 10.5 Å². The lowest BCUT2D eigenvalue weighted by Gasteiger charge is -2.12. The van der Waals surface area contributed by atoms with Crippen molar-refractivity contribution >= 4 is 17.4 Å². The fraction of sp³-hybridized carbons (Fsp3) is 0.333. The Morgan fingerprint density at radius 2 is 2.10 bits per heavy atom. The second kappa shape index (κ2) is 6.90. The summed E-state index contributed by atoms with van der Waals surface area (Å²) in [5.74, 6) is 0.744. The van der Waals surface area contributed by atoms with Gasteiger partial charge in [0.05, 0.1) is 11.9 Å². The van der Waals surface area contributed by atoms with E-state index in [0.29, 0.717) is 24.5 Å². The van der Waals surface area contributed by atoms with Gasteiger partial charge in [-0.15, -0.1) is 0 Å². The fourth-order valence-corrected chi connectivity index (χ4v) is 2.07. The largest absolute Gasteiger partial charge is 0.399 e. The van der Waals surface area contributed by atoms with Crippen LogP contribution in [0.15, 0.2) is 36.5 Å². The van der Waals surface area contributed by atoms with Gasteiger partial charge < -0.3 is 15.8 Å². The molecule has 0 saturated carbocycles. The summed E-state index contributed by atoms with van der Waals surface area (Å²) < 4.78 is 6.70. The molecule has 0 saturated heterocycles. The van der Waals surface area contributed by atoms with Crippen molar-refractivity contribution in [3.05, 3.63) is 36.5 Å². The number of nitrogen functional groups attached to an aromatic ring is 1. The highest BCUT2D eigenvalue weighted by Gasteiger charge is 2.12. The van der Waals surface area contributed by atoms with Crippen LogP contribution in [0.2, 0.25) is 0 Å². The average Bonchev–Trinajstić information content (AvgIpc) is 2.87. The van der Waals surface area contributed by atoms with Crippen LogP contribution in [-0.4, -0.2) is 29.4 Å². The van der Waals surface area contributed by atoms with Gasteiger partial charge >= 0.3 is 0 Å². The number of aromatic nitrogens is 2. The maximum Gasteiger partial charge on any atom is 0.225 e. The van der Waals surface area contributed by atoms with Crippen molar-refractivity contribution in [3.63, 3.8) is 0 Å². The van der Waals surface area contributed by atoms with Gasteiger partial charge in [0, 0.05) is 31.9 Å². The Morgan fingerprint density at radius 3 is 2.76 bits per heavy atom. The third-order valence-corrected chi connectivity index (χ3v) is 3.03. The second-order valence-electron chi connectivity index (χ2n) is 5.03. The smallest absolute Gasteiger partial charge is 0.225 e. The maximum absolute atomic E-state index is 12.0. The summed E-state index contributed by atoms with van der Waals surface area (Å²) in [6.07, 6.45) is 2.05. The SMILES string of the molecule is COCC(C)CC(=O)Nc1ccnn1-c1ccc(N)cc1. The molecule has 3 N–H and O–H groups in total. The molecule has 112 valence electrons. The number of anilines is 2. The number of methoxy groups -OCH3 is 1. The third-order valence-electron chi connectivity index (χ3n) is 3.03. The van der Waals surface area contributed by atoms with Crippen LogP contribution < -0.4 is 11.1 Å². The number of carbonyl (C=O) groups is 1. The van der Waals surface area contributed by atoms with E-state index in [1.807, 2.05) is 19.1 Å². The number of benzene rings is 1. The lowest BCUT2D eigenvalue weighted by molar-refractivity contribution is -0.117. The standard InChI is InChI=1S/C15H20N4O2/c1-11(10-21-2)9-15(20)18-14-7-8-17-19(14)13-5-3-12(16)4-6-13/h3-8,11H,9-10,16H2,1-2H3,(H,18,20). The molecule has 0 radical (unpaired) electrons. The number of carbonyl (C=O) groups excluding carboxylic acids is 1. The number of nitrogens with one attached hydrogen (secondary N) is 1. The molecule has 1 heterocycles. The third kappa shape index (κ3) is 4.06. The highest BCUT2D eigenvalue weighted by atomic mass is 16.5. The van der Waals surface area contributed by atoms with Gasteiger partial charge in [0.25, 0.3) is 0 Å². The predicted octanol–water partition coefficient (Wildman–Crippen LogP) is 2.07. The molecule has 1 atom stereocenters. The van der Waals surface area contributed by atoms with Gasteiger partial charge in [-0.1, -0.05) is 6.92 Å². The first-order valence-electron chi connectivity index (χ1n) is 6.79. The Kier molecular flexibility index (Phi) is 4.94. The number of hydrogen-bond acceptors (Lipinski definition) is 4. The molecule has 0 aliphatic heterocycles. The highest BCUT2D eigenvalue weighted by molar-refractivity contribution is 5.90. The lowest BCUT2D eigenvalue weighted by Crippen LogP contribution is -2.19. The molecular weight excluding hydrogens is 268 g/mol. The molecule has 0 spiro atoms. The molecule has 1 aromatic heterocycles. The van der Waals surface area contributed by atoms with Crippen LogP contribution in [0.1, 0.15) is 13.3 Å². The predicted molar refractivity (Wildman–Crippen MR) is 82.3 cm³/mol. The summed E-state index contributed by atoms with van der Waals surface area (Å²) in [5, 5.41) is 7.09. The number of nitrogens with zero attached hydrogens (tertiary/aromatic N) is 2. The van der Waals surface area contributed by atoms with Crippen LogP contribution in [0, 0.1) is 5.92 Å². The molecule has 1 aromatic carbocycles. The minimum absolute atomic E-state index is 0.0586. The van der Waals surface area contributed by atoms with Crippen molar-refractivity contribution in [3.8, 4) is 5.69 Å². The Balaban J connectivity index is 2.07. The minimum atomic E-state index is -0.0586. The summed E-state index contributed by atoms with van der Waals surface area (Å²) in [4.78, 5) is 12.0. The van der Waals surface area contributed by atoms with Crippen molar-refractivity contribution < 1.29 is 9.53 Å². The van der Waals surface area contributed by atoms with Gasteiger partial charge in [0.1, 0.15) is 5.82 Å². The van der Waals surface area contributed by atoms with Crippen molar-refractivity contribution in [2.24, 2.45) is 5.92 Å². The lowest BCUT2D eigenvalue weighted by atomic mass is 10.1. The molecule has 1 unspecified atom stereocenters. The zero-order valence-corrected chi connectivity index (χ0v) is 12.2. The second-order valence-corrected chi connectivity index (χ2v) is 5.03. The van der Waals surface area contributed by atoms with Crippen LogP contribution in [-0.2, 0) is 9.53 Å². The molecule has 21 heavy (non-hydrogen) atoms. The van der Waals surface area contributed by atoms with Gasteiger partial charge in [-0.2, -0.15) is 5.10 Å². The van der Waals surface area contributed by atoms with E-state index < -0.39 is 0 Å². The minimum Gasteiger partial charge on any atom is -0.399 e. The first-order valence-corrected chi connectivity index (χ1v) is 6.79. The monoisotopic (exact) mass is 288 g/mol. The molecule has 2 aromatic rings. The van der Waals surface area contributed by atoms with E-state index in [2.05, 4.69) is 10.4 Å². The van der Waals surface area contributed by atoms with Gasteiger partial charge in [-0.25, -0.2) is 4.68 Å².